The van der Waals surface area contributed by atoms with E-state index in [0.29, 0.717) is 6.54 Å². The number of piperidine rings is 1. The number of amides is 1. The molecule has 1 saturated heterocycles. The third kappa shape index (κ3) is 6.66. The number of rotatable bonds is 4. The summed E-state index contributed by atoms with van der Waals surface area (Å²) in [4.78, 5) is 16.1. The lowest BCUT2D eigenvalue weighted by atomic mass is 10.1. The van der Waals surface area contributed by atoms with Gasteiger partial charge in [0.25, 0.3) is 0 Å². The van der Waals surface area contributed by atoms with Crippen molar-refractivity contribution in [3.05, 3.63) is 35.9 Å². The molecule has 2 N–H and O–H groups in total. The molecule has 4 nitrogen and oxygen atoms in total. The molecule has 0 radical (unpaired) electrons. The zero-order valence-electron chi connectivity index (χ0n) is 12.4. The highest BCUT2D eigenvalue weighted by atomic mass is 35.5. The number of carbonyl (C=O) groups is 1. The second-order valence-electron chi connectivity index (χ2n) is 5.38. The predicted octanol–water partition coefficient (Wildman–Crippen LogP) is 1.91. The van der Waals surface area contributed by atoms with Crippen LogP contribution in [0.2, 0.25) is 0 Å². The third-order valence-electron chi connectivity index (χ3n) is 3.59. The van der Waals surface area contributed by atoms with E-state index >= 15 is 0 Å². The minimum Gasteiger partial charge on any atom is -0.341 e. The van der Waals surface area contributed by atoms with Crippen molar-refractivity contribution < 1.29 is 4.79 Å². The lowest BCUT2D eigenvalue weighted by molar-refractivity contribution is -0.133. The Hall–Kier alpha value is -0.810. The van der Waals surface area contributed by atoms with Gasteiger partial charge in [0.2, 0.25) is 5.91 Å². The lowest BCUT2D eigenvalue weighted by Crippen LogP contribution is -2.46. The Kier molecular flexibility index (Phi) is 9.62. The zero-order valence-corrected chi connectivity index (χ0v) is 14.0. The van der Waals surface area contributed by atoms with E-state index in [2.05, 4.69) is 17.0 Å². The van der Waals surface area contributed by atoms with Crippen LogP contribution in [0.1, 0.15) is 18.4 Å². The maximum Gasteiger partial charge on any atom is 0.236 e. The molecule has 21 heavy (non-hydrogen) atoms. The van der Waals surface area contributed by atoms with Crippen LogP contribution < -0.4 is 5.73 Å². The number of likely N-dealkylation sites (tertiary alicyclic amines) is 1. The summed E-state index contributed by atoms with van der Waals surface area (Å²) in [5.41, 5.74) is 7.09. The van der Waals surface area contributed by atoms with E-state index in [4.69, 9.17) is 5.73 Å². The Morgan fingerprint density at radius 1 is 1.24 bits per heavy atom. The van der Waals surface area contributed by atoms with E-state index in [1.54, 1.807) is 0 Å². The molecule has 1 amide bonds. The first kappa shape index (κ1) is 20.2. The summed E-state index contributed by atoms with van der Waals surface area (Å²) in [5, 5.41) is 0. The number of carbonyl (C=O) groups excluding carboxylic acids is 1. The standard InChI is InChI=1S/C15H23N3O.2ClH/c1-17(11-13-5-3-2-4-6-13)12-15(19)18-9-7-14(16)8-10-18;;/h2-6,14H,7-12,16H2,1H3;2*1H. The minimum atomic E-state index is 0. The summed E-state index contributed by atoms with van der Waals surface area (Å²) in [7, 11) is 1.99. The molecular weight excluding hydrogens is 309 g/mol. The number of likely N-dealkylation sites (N-methyl/N-ethyl adjacent to an activating group) is 1. The number of hydrogen-bond donors (Lipinski definition) is 1. The first-order chi connectivity index (χ1) is 9.15. The summed E-state index contributed by atoms with van der Waals surface area (Å²) >= 11 is 0. The van der Waals surface area contributed by atoms with E-state index in [1.165, 1.54) is 5.56 Å². The summed E-state index contributed by atoms with van der Waals surface area (Å²) in [6.45, 7) is 2.89. The van der Waals surface area contributed by atoms with E-state index in [0.717, 1.165) is 32.5 Å². The van der Waals surface area contributed by atoms with Crippen molar-refractivity contribution >= 4 is 30.7 Å². The summed E-state index contributed by atoms with van der Waals surface area (Å²) < 4.78 is 0. The Morgan fingerprint density at radius 2 is 1.81 bits per heavy atom. The molecule has 120 valence electrons. The van der Waals surface area contributed by atoms with Gasteiger partial charge in [-0.2, -0.15) is 0 Å². The van der Waals surface area contributed by atoms with Gasteiger partial charge in [-0.05, 0) is 25.5 Å². The maximum absolute atomic E-state index is 12.1. The fourth-order valence-electron chi connectivity index (χ4n) is 2.43. The van der Waals surface area contributed by atoms with Gasteiger partial charge < -0.3 is 10.6 Å². The van der Waals surface area contributed by atoms with Gasteiger partial charge in [0.05, 0.1) is 6.54 Å². The Balaban J connectivity index is 0.00000200. The maximum atomic E-state index is 12.1. The van der Waals surface area contributed by atoms with Crippen LogP contribution in [-0.4, -0.2) is 48.4 Å². The fourth-order valence-corrected chi connectivity index (χ4v) is 2.43. The molecular formula is C15H25Cl2N3O. The number of hydrogen-bond acceptors (Lipinski definition) is 3. The van der Waals surface area contributed by atoms with Gasteiger partial charge >= 0.3 is 0 Å². The smallest absolute Gasteiger partial charge is 0.236 e. The molecule has 0 aromatic heterocycles. The fraction of sp³-hybridized carbons (Fsp3) is 0.533. The van der Waals surface area contributed by atoms with Crippen LogP contribution in [0.3, 0.4) is 0 Å². The topological polar surface area (TPSA) is 49.6 Å². The highest BCUT2D eigenvalue weighted by Gasteiger charge is 2.21. The van der Waals surface area contributed by atoms with Gasteiger partial charge in [-0.1, -0.05) is 30.3 Å². The van der Waals surface area contributed by atoms with Gasteiger partial charge in [-0.25, -0.2) is 0 Å². The second-order valence-corrected chi connectivity index (χ2v) is 5.38. The minimum absolute atomic E-state index is 0. The average molecular weight is 334 g/mol. The van der Waals surface area contributed by atoms with Gasteiger partial charge in [0, 0.05) is 25.7 Å². The van der Waals surface area contributed by atoms with Crippen LogP contribution in [0, 0.1) is 0 Å². The third-order valence-corrected chi connectivity index (χ3v) is 3.59. The van der Waals surface area contributed by atoms with Gasteiger partial charge in [-0.3, -0.25) is 9.69 Å². The van der Waals surface area contributed by atoms with Crippen LogP contribution in [-0.2, 0) is 11.3 Å². The Labute approximate surface area is 139 Å². The summed E-state index contributed by atoms with van der Waals surface area (Å²) in [6.07, 6.45) is 1.85. The SMILES string of the molecule is CN(CC(=O)N1CCC(N)CC1)Cc1ccccc1.Cl.Cl. The molecule has 1 aliphatic heterocycles. The van der Waals surface area contributed by atoms with Gasteiger partial charge in [0.1, 0.15) is 0 Å². The van der Waals surface area contributed by atoms with Gasteiger partial charge in [-0.15, -0.1) is 24.8 Å². The molecule has 6 heteroatoms. The molecule has 0 aliphatic carbocycles. The molecule has 0 atom stereocenters. The largest absolute Gasteiger partial charge is 0.341 e. The van der Waals surface area contributed by atoms with Gasteiger partial charge in [0.15, 0.2) is 0 Å². The second kappa shape index (κ2) is 10.0. The van der Waals surface area contributed by atoms with Crippen molar-refractivity contribution in [1.29, 1.82) is 0 Å². The van der Waals surface area contributed by atoms with Crippen molar-refractivity contribution in [1.82, 2.24) is 9.80 Å². The lowest BCUT2D eigenvalue weighted by Gasteiger charge is -2.31. The number of nitrogens with two attached hydrogens (primary N) is 1. The van der Waals surface area contributed by atoms with Crippen molar-refractivity contribution in [2.45, 2.75) is 25.4 Å². The quantitative estimate of drug-likeness (QED) is 0.915. The van der Waals surface area contributed by atoms with E-state index < -0.39 is 0 Å². The van der Waals surface area contributed by atoms with E-state index in [1.807, 2.05) is 30.1 Å². The van der Waals surface area contributed by atoms with Crippen molar-refractivity contribution in [2.24, 2.45) is 5.73 Å². The van der Waals surface area contributed by atoms with E-state index in [9.17, 15) is 4.79 Å². The summed E-state index contributed by atoms with van der Waals surface area (Å²) in [6, 6.07) is 10.5. The van der Waals surface area contributed by atoms with Crippen LogP contribution in [0.25, 0.3) is 0 Å². The molecule has 1 aliphatic rings. The molecule has 0 saturated carbocycles. The van der Waals surface area contributed by atoms with E-state index in [-0.39, 0.29) is 36.8 Å². The van der Waals surface area contributed by atoms with Crippen LogP contribution in [0.4, 0.5) is 0 Å². The molecule has 1 fully saturated rings. The molecule has 0 spiro atoms. The molecule has 0 bridgehead atoms. The average Bonchev–Trinajstić information content (AvgIpc) is 2.40. The molecule has 1 aromatic rings. The Morgan fingerprint density at radius 3 is 2.38 bits per heavy atom. The van der Waals surface area contributed by atoms with Crippen molar-refractivity contribution in [3.63, 3.8) is 0 Å². The predicted molar refractivity (Wildman–Crippen MR) is 91.1 cm³/mol. The van der Waals surface area contributed by atoms with Crippen molar-refractivity contribution in [3.8, 4) is 0 Å². The van der Waals surface area contributed by atoms with Crippen molar-refractivity contribution in [2.75, 3.05) is 26.7 Å². The number of benzene rings is 1. The highest BCUT2D eigenvalue weighted by molar-refractivity contribution is 5.85. The Bertz CT molecular complexity index is 409. The summed E-state index contributed by atoms with van der Waals surface area (Å²) in [5.74, 6) is 0.213. The number of nitrogens with zero attached hydrogens (tertiary/aromatic N) is 2. The zero-order chi connectivity index (χ0) is 13.7. The number of halogens is 2. The molecule has 1 heterocycles. The van der Waals surface area contributed by atoms with Crippen LogP contribution >= 0.6 is 24.8 Å². The van der Waals surface area contributed by atoms with Crippen LogP contribution in [0.15, 0.2) is 30.3 Å². The molecule has 1 aromatic carbocycles. The first-order valence-electron chi connectivity index (χ1n) is 6.91. The normalized spacial score (nSPS) is 15.3. The highest BCUT2D eigenvalue weighted by Crippen LogP contribution is 2.09. The monoisotopic (exact) mass is 333 g/mol. The molecule has 0 unspecified atom stereocenters. The van der Waals surface area contributed by atoms with Crippen LogP contribution in [0.5, 0.6) is 0 Å². The first-order valence-corrected chi connectivity index (χ1v) is 6.91. The molecule has 2 rings (SSSR count).